The molecule has 1 aromatic heterocycles. The molecule has 1 amide bonds. The van der Waals surface area contributed by atoms with Gasteiger partial charge in [-0.1, -0.05) is 17.7 Å². The van der Waals surface area contributed by atoms with Crippen LogP contribution in [0.25, 0.3) is 6.08 Å². The fourth-order valence-electron chi connectivity index (χ4n) is 2.34. The molecule has 0 unspecified atom stereocenters. The van der Waals surface area contributed by atoms with Gasteiger partial charge in [-0.3, -0.25) is 9.59 Å². The highest BCUT2D eigenvalue weighted by Crippen LogP contribution is 2.32. The summed E-state index contributed by atoms with van der Waals surface area (Å²) in [5.74, 6) is -0.430. The Morgan fingerprint density at radius 2 is 1.96 bits per heavy atom. The molecular formula is C19H18ClF3N2O2. The zero-order chi connectivity index (χ0) is 19.9. The van der Waals surface area contributed by atoms with E-state index in [9.17, 15) is 22.8 Å². The number of halogens is 4. The second-order valence-electron chi connectivity index (χ2n) is 5.80. The molecule has 0 radical (unpaired) electrons. The molecular weight excluding hydrogens is 381 g/mol. The number of nitrogens with zero attached hydrogens (tertiary/aromatic N) is 1. The van der Waals surface area contributed by atoms with Gasteiger partial charge in [0.1, 0.15) is 0 Å². The van der Waals surface area contributed by atoms with Gasteiger partial charge in [0.25, 0.3) is 0 Å². The lowest BCUT2D eigenvalue weighted by Crippen LogP contribution is -2.23. The van der Waals surface area contributed by atoms with Crippen molar-refractivity contribution in [3.8, 4) is 0 Å². The predicted molar refractivity (Wildman–Crippen MR) is 98.4 cm³/mol. The van der Waals surface area contributed by atoms with Crippen molar-refractivity contribution in [3.63, 3.8) is 0 Å². The number of benzene rings is 1. The summed E-state index contributed by atoms with van der Waals surface area (Å²) in [6.07, 6.45) is 0.969. The molecule has 8 heteroatoms. The zero-order valence-electron chi connectivity index (χ0n) is 14.3. The number of alkyl halides is 3. The van der Waals surface area contributed by atoms with E-state index in [1.807, 2.05) is 0 Å². The standard InChI is InChI=1S/C19H18ClF3N2O2/c20-16-8-7-15(19(21,22)23)13-14(16)6-9-17(26)24-10-2-4-12-25-11-3-1-5-18(25)27/h1,3,5-9,11,13H,2,4,10,12H2,(H,24,26). The average Bonchev–Trinajstić information content (AvgIpc) is 2.61. The molecule has 1 N–H and O–H groups in total. The minimum atomic E-state index is -4.48. The largest absolute Gasteiger partial charge is 0.416 e. The predicted octanol–water partition coefficient (Wildman–Crippen LogP) is 4.13. The molecule has 0 saturated carbocycles. The Kier molecular flexibility index (Phi) is 7.24. The topological polar surface area (TPSA) is 51.1 Å². The number of rotatable bonds is 7. The number of pyridine rings is 1. The second-order valence-corrected chi connectivity index (χ2v) is 6.20. The third-order valence-electron chi connectivity index (χ3n) is 3.76. The fourth-order valence-corrected chi connectivity index (χ4v) is 2.52. The molecule has 27 heavy (non-hydrogen) atoms. The fraction of sp³-hybridized carbons (Fsp3) is 0.263. The molecule has 0 atom stereocenters. The Hall–Kier alpha value is -2.54. The minimum absolute atomic E-state index is 0.0811. The Labute approximate surface area is 159 Å². The first-order valence-corrected chi connectivity index (χ1v) is 8.63. The van der Waals surface area contributed by atoms with Crippen LogP contribution in [0.5, 0.6) is 0 Å². The Morgan fingerprint density at radius 3 is 2.67 bits per heavy atom. The van der Waals surface area contributed by atoms with Gasteiger partial charge >= 0.3 is 6.18 Å². The van der Waals surface area contributed by atoms with Gasteiger partial charge < -0.3 is 9.88 Å². The first-order chi connectivity index (χ1) is 12.8. The van der Waals surface area contributed by atoms with E-state index >= 15 is 0 Å². The van der Waals surface area contributed by atoms with Crippen LogP contribution in [0, 0.1) is 0 Å². The average molecular weight is 399 g/mol. The summed E-state index contributed by atoms with van der Waals surface area (Å²) in [7, 11) is 0. The molecule has 0 aliphatic rings. The minimum Gasteiger partial charge on any atom is -0.353 e. The molecule has 0 aliphatic heterocycles. The Morgan fingerprint density at radius 1 is 1.19 bits per heavy atom. The van der Waals surface area contributed by atoms with E-state index in [0.29, 0.717) is 25.9 Å². The van der Waals surface area contributed by atoms with E-state index in [2.05, 4.69) is 5.32 Å². The maximum Gasteiger partial charge on any atom is 0.416 e. The van der Waals surface area contributed by atoms with E-state index in [1.54, 1.807) is 22.9 Å². The zero-order valence-corrected chi connectivity index (χ0v) is 15.1. The van der Waals surface area contributed by atoms with Crippen LogP contribution >= 0.6 is 11.6 Å². The van der Waals surface area contributed by atoms with Gasteiger partial charge in [0, 0.05) is 36.5 Å². The monoisotopic (exact) mass is 398 g/mol. The smallest absolute Gasteiger partial charge is 0.353 e. The van der Waals surface area contributed by atoms with E-state index in [1.165, 1.54) is 12.1 Å². The van der Waals surface area contributed by atoms with Crippen LogP contribution in [0.1, 0.15) is 24.0 Å². The number of nitrogens with one attached hydrogen (secondary N) is 1. The highest BCUT2D eigenvalue weighted by atomic mass is 35.5. The van der Waals surface area contributed by atoms with Crippen molar-refractivity contribution in [1.29, 1.82) is 0 Å². The lowest BCUT2D eigenvalue weighted by molar-refractivity contribution is -0.137. The van der Waals surface area contributed by atoms with E-state index in [4.69, 9.17) is 11.6 Å². The first-order valence-electron chi connectivity index (χ1n) is 8.25. The third-order valence-corrected chi connectivity index (χ3v) is 4.11. The van der Waals surface area contributed by atoms with E-state index < -0.39 is 17.6 Å². The summed E-state index contributed by atoms with van der Waals surface area (Å²) in [5, 5.41) is 2.77. The summed E-state index contributed by atoms with van der Waals surface area (Å²) in [4.78, 5) is 23.3. The molecule has 4 nitrogen and oxygen atoms in total. The van der Waals surface area contributed by atoms with Crippen LogP contribution in [0.15, 0.2) is 53.5 Å². The number of carbonyl (C=O) groups excluding carboxylic acids is 1. The SMILES string of the molecule is O=C(C=Cc1cc(C(F)(F)F)ccc1Cl)NCCCCn1ccccc1=O. The molecule has 0 fully saturated rings. The molecule has 0 spiro atoms. The van der Waals surface area contributed by atoms with Crippen LogP contribution in [-0.2, 0) is 17.5 Å². The lowest BCUT2D eigenvalue weighted by atomic mass is 10.1. The van der Waals surface area contributed by atoms with Gasteiger partial charge in [0.15, 0.2) is 0 Å². The first kappa shape index (κ1) is 20.8. The quantitative estimate of drug-likeness (QED) is 0.563. The van der Waals surface area contributed by atoms with Crippen molar-refractivity contribution in [3.05, 3.63) is 75.2 Å². The van der Waals surface area contributed by atoms with Gasteiger partial charge in [-0.25, -0.2) is 0 Å². The van der Waals surface area contributed by atoms with Crippen LogP contribution in [0.2, 0.25) is 5.02 Å². The molecule has 1 aromatic carbocycles. The molecule has 2 rings (SSSR count). The van der Waals surface area contributed by atoms with Crippen molar-refractivity contribution in [2.45, 2.75) is 25.6 Å². The Balaban J connectivity index is 1.80. The van der Waals surface area contributed by atoms with E-state index in [0.717, 1.165) is 24.3 Å². The van der Waals surface area contributed by atoms with Gasteiger partial charge in [0.05, 0.1) is 5.56 Å². The molecule has 0 bridgehead atoms. The number of unbranched alkanes of at least 4 members (excludes halogenated alkanes) is 1. The normalized spacial score (nSPS) is 11.7. The molecule has 1 heterocycles. The number of hydrogen-bond acceptors (Lipinski definition) is 2. The van der Waals surface area contributed by atoms with Crippen LogP contribution < -0.4 is 10.9 Å². The highest BCUT2D eigenvalue weighted by Gasteiger charge is 2.30. The molecule has 2 aromatic rings. The molecule has 0 aliphatic carbocycles. The molecule has 144 valence electrons. The van der Waals surface area contributed by atoms with Crippen molar-refractivity contribution >= 4 is 23.6 Å². The maximum absolute atomic E-state index is 12.7. The van der Waals surface area contributed by atoms with Gasteiger partial charge in [-0.2, -0.15) is 13.2 Å². The summed E-state index contributed by atoms with van der Waals surface area (Å²) >= 11 is 5.87. The highest BCUT2D eigenvalue weighted by molar-refractivity contribution is 6.32. The van der Waals surface area contributed by atoms with Crippen molar-refractivity contribution in [2.24, 2.45) is 0 Å². The van der Waals surface area contributed by atoms with Crippen LogP contribution in [-0.4, -0.2) is 17.0 Å². The number of aromatic nitrogens is 1. The number of hydrogen-bond donors (Lipinski definition) is 1. The van der Waals surface area contributed by atoms with Crippen molar-refractivity contribution < 1.29 is 18.0 Å². The van der Waals surface area contributed by atoms with Crippen LogP contribution in [0.4, 0.5) is 13.2 Å². The van der Waals surface area contributed by atoms with Crippen molar-refractivity contribution in [2.75, 3.05) is 6.54 Å². The van der Waals surface area contributed by atoms with Gasteiger partial charge in [-0.15, -0.1) is 0 Å². The van der Waals surface area contributed by atoms with Gasteiger partial charge in [-0.05, 0) is 48.7 Å². The van der Waals surface area contributed by atoms with Crippen molar-refractivity contribution in [1.82, 2.24) is 9.88 Å². The third kappa shape index (κ3) is 6.60. The number of amides is 1. The maximum atomic E-state index is 12.7. The van der Waals surface area contributed by atoms with Crippen LogP contribution in [0.3, 0.4) is 0 Å². The number of aryl methyl sites for hydroxylation is 1. The lowest BCUT2D eigenvalue weighted by Gasteiger charge is -2.08. The summed E-state index contributed by atoms with van der Waals surface area (Å²) in [6.45, 7) is 0.937. The Bertz CT molecular complexity index is 876. The van der Waals surface area contributed by atoms with E-state index in [-0.39, 0.29) is 16.1 Å². The van der Waals surface area contributed by atoms with Gasteiger partial charge in [0.2, 0.25) is 11.5 Å². The molecule has 0 saturated heterocycles. The summed E-state index contributed by atoms with van der Waals surface area (Å²) in [5.41, 5.74) is -0.796. The second kappa shape index (κ2) is 9.41. The summed E-state index contributed by atoms with van der Waals surface area (Å²) < 4.78 is 39.7. The number of carbonyl (C=O) groups is 1. The summed E-state index contributed by atoms with van der Waals surface area (Å²) in [6, 6.07) is 7.84.